The zero-order chi connectivity index (χ0) is 19.8. The second-order valence-corrected chi connectivity index (χ2v) is 5.63. The molecule has 0 saturated heterocycles. The molecule has 2 rings (SSSR count). The van der Waals surface area contributed by atoms with Crippen LogP contribution in [0.1, 0.15) is 28.4 Å². The Labute approximate surface area is 156 Å². The summed E-state index contributed by atoms with van der Waals surface area (Å²) in [7, 11) is 1.46. The Bertz CT molecular complexity index is 915. The van der Waals surface area contributed by atoms with Crippen LogP contribution in [0.2, 0.25) is 0 Å². The number of nitrogens with one attached hydrogen (secondary N) is 1. The van der Waals surface area contributed by atoms with E-state index in [2.05, 4.69) is 5.32 Å². The fourth-order valence-electron chi connectivity index (χ4n) is 2.36. The van der Waals surface area contributed by atoms with Gasteiger partial charge in [-0.25, -0.2) is 0 Å². The Morgan fingerprint density at radius 1 is 1.15 bits per heavy atom. The third-order valence-corrected chi connectivity index (χ3v) is 3.71. The monoisotopic (exact) mass is 366 g/mol. The van der Waals surface area contributed by atoms with Gasteiger partial charge in [-0.15, -0.1) is 0 Å². The van der Waals surface area contributed by atoms with Gasteiger partial charge in [0.25, 0.3) is 5.91 Å². The van der Waals surface area contributed by atoms with Gasteiger partial charge in [0.2, 0.25) is 0 Å². The van der Waals surface area contributed by atoms with E-state index >= 15 is 0 Å². The van der Waals surface area contributed by atoms with Crippen molar-refractivity contribution in [1.29, 1.82) is 5.26 Å². The van der Waals surface area contributed by atoms with Crippen molar-refractivity contribution in [3.05, 3.63) is 59.2 Å². The summed E-state index contributed by atoms with van der Waals surface area (Å²) in [6, 6.07) is 13.2. The number of carbonyl (C=O) groups is 3. The Balaban J connectivity index is 1.96. The zero-order valence-electron chi connectivity index (χ0n) is 14.9. The first-order chi connectivity index (χ1) is 12.9. The molecule has 0 aromatic heterocycles. The largest absolute Gasteiger partial charge is 0.496 e. The molecular formula is C20H18N2O5. The van der Waals surface area contributed by atoms with E-state index in [0.29, 0.717) is 28.1 Å². The maximum atomic E-state index is 12.0. The number of amides is 1. The first-order valence-electron chi connectivity index (χ1n) is 8.07. The van der Waals surface area contributed by atoms with Gasteiger partial charge < -0.3 is 14.8 Å². The van der Waals surface area contributed by atoms with Crippen molar-refractivity contribution in [2.75, 3.05) is 19.0 Å². The number of hydrogen-bond donors (Lipinski definition) is 1. The number of carbonyl (C=O) groups excluding carboxylic acids is 3. The number of nitrogens with zero attached hydrogens (tertiary/aromatic N) is 1. The maximum absolute atomic E-state index is 12.0. The molecule has 0 saturated carbocycles. The lowest BCUT2D eigenvalue weighted by Crippen LogP contribution is -2.22. The second-order valence-electron chi connectivity index (χ2n) is 5.63. The van der Waals surface area contributed by atoms with Crippen LogP contribution in [-0.2, 0) is 20.7 Å². The maximum Gasteiger partial charge on any atom is 0.310 e. The van der Waals surface area contributed by atoms with E-state index < -0.39 is 18.5 Å². The zero-order valence-corrected chi connectivity index (χ0v) is 14.9. The van der Waals surface area contributed by atoms with Crippen molar-refractivity contribution in [3.63, 3.8) is 0 Å². The lowest BCUT2D eigenvalue weighted by Gasteiger charge is -2.10. The van der Waals surface area contributed by atoms with Crippen LogP contribution in [-0.4, -0.2) is 31.4 Å². The summed E-state index contributed by atoms with van der Waals surface area (Å²) >= 11 is 0. The Kier molecular flexibility index (Phi) is 6.67. The standard InChI is InChI=1S/C20H18N2O5/c1-13(23)14-7-8-18(26-2)16(9-14)10-20(25)27-12-19(24)22-17-6-4-3-5-15(17)11-21/h3-9H,10,12H2,1-2H3,(H,22,24). The molecule has 7 nitrogen and oxygen atoms in total. The Morgan fingerprint density at radius 2 is 1.89 bits per heavy atom. The number of nitriles is 1. The van der Waals surface area contributed by atoms with Gasteiger partial charge >= 0.3 is 5.97 Å². The number of anilines is 1. The quantitative estimate of drug-likeness (QED) is 0.596. The van der Waals surface area contributed by atoms with Gasteiger partial charge in [-0.3, -0.25) is 14.4 Å². The number of esters is 1. The average molecular weight is 366 g/mol. The molecule has 0 spiro atoms. The number of benzene rings is 2. The molecule has 27 heavy (non-hydrogen) atoms. The van der Waals surface area contributed by atoms with Crippen molar-refractivity contribution >= 4 is 23.3 Å². The van der Waals surface area contributed by atoms with Crippen LogP contribution >= 0.6 is 0 Å². The molecule has 0 bridgehead atoms. The highest BCUT2D eigenvalue weighted by molar-refractivity contribution is 5.95. The van der Waals surface area contributed by atoms with Crippen LogP contribution in [0.4, 0.5) is 5.69 Å². The van der Waals surface area contributed by atoms with Crippen LogP contribution in [0, 0.1) is 11.3 Å². The van der Waals surface area contributed by atoms with E-state index in [4.69, 9.17) is 14.7 Å². The molecule has 0 fully saturated rings. The number of Topliss-reactive ketones (excluding diaryl/α,β-unsaturated/α-hetero) is 1. The number of ketones is 1. The molecule has 0 aliphatic heterocycles. The number of ether oxygens (including phenoxy) is 2. The van der Waals surface area contributed by atoms with Crippen LogP contribution in [0.25, 0.3) is 0 Å². The summed E-state index contributed by atoms with van der Waals surface area (Å²) in [6.45, 7) is 0.931. The lowest BCUT2D eigenvalue weighted by atomic mass is 10.0. The molecule has 0 radical (unpaired) electrons. The van der Waals surface area contributed by atoms with Crippen molar-refractivity contribution < 1.29 is 23.9 Å². The van der Waals surface area contributed by atoms with Crippen LogP contribution < -0.4 is 10.1 Å². The predicted molar refractivity (Wildman–Crippen MR) is 97.4 cm³/mol. The molecule has 1 N–H and O–H groups in total. The molecule has 1 amide bonds. The van der Waals surface area contributed by atoms with Crippen LogP contribution in [0.5, 0.6) is 5.75 Å². The molecule has 0 unspecified atom stereocenters. The van der Waals surface area contributed by atoms with E-state index in [9.17, 15) is 14.4 Å². The normalized spacial score (nSPS) is 9.81. The molecule has 0 aliphatic rings. The number of hydrogen-bond acceptors (Lipinski definition) is 6. The van der Waals surface area contributed by atoms with Crippen molar-refractivity contribution in [2.45, 2.75) is 13.3 Å². The molecule has 138 valence electrons. The Hall–Kier alpha value is -3.66. The summed E-state index contributed by atoms with van der Waals surface area (Å²) in [5.74, 6) is -0.889. The highest BCUT2D eigenvalue weighted by atomic mass is 16.5. The highest BCUT2D eigenvalue weighted by Crippen LogP contribution is 2.21. The molecule has 2 aromatic carbocycles. The van der Waals surface area contributed by atoms with Crippen molar-refractivity contribution in [2.24, 2.45) is 0 Å². The molecular weight excluding hydrogens is 348 g/mol. The number of para-hydroxylation sites is 1. The smallest absolute Gasteiger partial charge is 0.310 e. The Morgan fingerprint density at radius 3 is 2.56 bits per heavy atom. The topological polar surface area (TPSA) is 105 Å². The fraction of sp³-hybridized carbons (Fsp3) is 0.200. The average Bonchev–Trinajstić information content (AvgIpc) is 2.66. The van der Waals surface area contributed by atoms with Gasteiger partial charge in [0.05, 0.1) is 24.8 Å². The summed E-state index contributed by atoms with van der Waals surface area (Å²) < 4.78 is 10.2. The van der Waals surface area contributed by atoms with E-state index in [1.807, 2.05) is 6.07 Å². The van der Waals surface area contributed by atoms with Gasteiger partial charge in [-0.2, -0.15) is 5.26 Å². The number of rotatable bonds is 7. The molecule has 0 heterocycles. The molecule has 0 aliphatic carbocycles. The minimum Gasteiger partial charge on any atom is -0.496 e. The lowest BCUT2D eigenvalue weighted by molar-refractivity contribution is -0.146. The van der Waals surface area contributed by atoms with Gasteiger partial charge in [-0.1, -0.05) is 12.1 Å². The van der Waals surface area contributed by atoms with Crippen molar-refractivity contribution in [1.82, 2.24) is 0 Å². The molecule has 7 heteroatoms. The summed E-state index contributed by atoms with van der Waals surface area (Å²) in [4.78, 5) is 35.5. The summed E-state index contributed by atoms with van der Waals surface area (Å²) in [5.41, 5.74) is 1.59. The third kappa shape index (κ3) is 5.41. The summed E-state index contributed by atoms with van der Waals surface area (Å²) in [5, 5.41) is 11.5. The van der Waals surface area contributed by atoms with Gasteiger partial charge in [0, 0.05) is 11.1 Å². The summed E-state index contributed by atoms with van der Waals surface area (Å²) in [6.07, 6.45) is -0.146. The van der Waals surface area contributed by atoms with Gasteiger partial charge in [0.15, 0.2) is 12.4 Å². The van der Waals surface area contributed by atoms with Crippen LogP contribution in [0.3, 0.4) is 0 Å². The predicted octanol–water partition coefficient (Wildman–Crippen LogP) is 2.49. The fourth-order valence-corrected chi connectivity index (χ4v) is 2.36. The van der Waals surface area contributed by atoms with E-state index in [1.165, 1.54) is 14.0 Å². The van der Waals surface area contributed by atoms with E-state index in [-0.39, 0.29) is 12.2 Å². The number of methoxy groups -OCH3 is 1. The highest BCUT2D eigenvalue weighted by Gasteiger charge is 2.14. The molecule has 0 atom stereocenters. The SMILES string of the molecule is COc1ccc(C(C)=O)cc1CC(=O)OCC(=O)Nc1ccccc1C#N. The van der Waals surface area contributed by atoms with E-state index in [1.54, 1.807) is 42.5 Å². The third-order valence-electron chi connectivity index (χ3n) is 3.71. The minimum atomic E-state index is -0.641. The minimum absolute atomic E-state index is 0.136. The van der Waals surface area contributed by atoms with Gasteiger partial charge in [-0.05, 0) is 37.3 Å². The van der Waals surface area contributed by atoms with Crippen LogP contribution in [0.15, 0.2) is 42.5 Å². The first-order valence-corrected chi connectivity index (χ1v) is 8.07. The first kappa shape index (κ1) is 19.7. The second kappa shape index (κ2) is 9.15. The van der Waals surface area contributed by atoms with Crippen molar-refractivity contribution in [3.8, 4) is 11.8 Å². The van der Waals surface area contributed by atoms with E-state index in [0.717, 1.165) is 0 Å². The van der Waals surface area contributed by atoms with Gasteiger partial charge in [0.1, 0.15) is 11.8 Å². The molecule has 2 aromatic rings.